The van der Waals surface area contributed by atoms with Crippen LogP contribution >= 0.6 is 0 Å². The van der Waals surface area contributed by atoms with Crippen LogP contribution in [0.5, 0.6) is 0 Å². The summed E-state index contributed by atoms with van der Waals surface area (Å²) in [5.41, 5.74) is 1.01. The molecule has 1 fully saturated rings. The Kier molecular flexibility index (Phi) is 3.54. The monoisotopic (exact) mass is 211 g/mol. The maximum Gasteiger partial charge on any atom is 0.138 e. The first-order valence-electron chi connectivity index (χ1n) is 5.60. The molecule has 84 valence electrons. The molecule has 3 heteroatoms. The number of alkyl halides is 1. The number of hydrogen-bond donors (Lipinski definition) is 1. The summed E-state index contributed by atoms with van der Waals surface area (Å²) in [6.45, 7) is 3.51. The van der Waals surface area contributed by atoms with Crippen molar-refractivity contribution >= 4 is 0 Å². The highest BCUT2D eigenvalue weighted by Crippen LogP contribution is 2.16. The molecule has 0 aromatic carbocycles. The molecule has 0 aromatic heterocycles. The van der Waals surface area contributed by atoms with Gasteiger partial charge in [0.25, 0.3) is 0 Å². The molecule has 2 aliphatic rings. The zero-order valence-corrected chi connectivity index (χ0v) is 9.08. The van der Waals surface area contributed by atoms with Crippen LogP contribution in [-0.4, -0.2) is 31.5 Å². The first kappa shape index (κ1) is 10.8. The van der Waals surface area contributed by atoms with Crippen LogP contribution in [-0.2, 0) is 4.74 Å². The van der Waals surface area contributed by atoms with E-state index in [0.29, 0.717) is 6.04 Å². The van der Waals surface area contributed by atoms with E-state index >= 15 is 0 Å². The van der Waals surface area contributed by atoms with Crippen LogP contribution in [0, 0.1) is 0 Å². The minimum atomic E-state index is -0.891. The minimum absolute atomic E-state index is 0.156. The molecule has 0 radical (unpaired) electrons. The molecule has 1 aliphatic heterocycles. The summed E-state index contributed by atoms with van der Waals surface area (Å²) in [4.78, 5) is 0. The molecule has 0 saturated carbocycles. The zero-order chi connectivity index (χ0) is 10.7. The molecule has 2 nitrogen and oxygen atoms in total. The molecule has 0 aromatic rings. The highest BCUT2D eigenvalue weighted by atomic mass is 19.1. The Morgan fingerprint density at radius 1 is 1.40 bits per heavy atom. The maximum absolute atomic E-state index is 13.6. The van der Waals surface area contributed by atoms with Gasteiger partial charge in [0, 0.05) is 19.3 Å². The normalized spacial score (nSPS) is 32.8. The van der Waals surface area contributed by atoms with E-state index in [-0.39, 0.29) is 6.04 Å². The van der Waals surface area contributed by atoms with E-state index in [1.54, 1.807) is 6.08 Å². The van der Waals surface area contributed by atoms with Crippen LogP contribution in [0.2, 0.25) is 0 Å². The standard InChI is InChI=1S/C12H18FNO/c1-9-2-3-12(11(13)8-9)14-10-4-6-15-7-5-10/h2-3,8,10-12,14H,4-7H2,1H3. The third kappa shape index (κ3) is 2.89. The highest BCUT2D eigenvalue weighted by Gasteiger charge is 2.23. The fourth-order valence-corrected chi connectivity index (χ4v) is 2.06. The first-order chi connectivity index (χ1) is 7.25. The van der Waals surface area contributed by atoms with Crippen molar-refractivity contribution in [3.63, 3.8) is 0 Å². The van der Waals surface area contributed by atoms with E-state index in [1.807, 2.05) is 19.1 Å². The van der Waals surface area contributed by atoms with Crippen molar-refractivity contribution in [3.05, 3.63) is 23.8 Å². The van der Waals surface area contributed by atoms with Crippen LogP contribution in [0.3, 0.4) is 0 Å². The largest absolute Gasteiger partial charge is 0.381 e. The molecule has 1 saturated heterocycles. The number of rotatable bonds is 2. The molecule has 1 N–H and O–H groups in total. The number of halogens is 1. The van der Waals surface area contributed by atoms with Crippen LogP contribution in [0.15, 0.2) is 23.8 Å². The lowest BCUT2D eigenvalue weighted by Gasteiger charge is -2.29. The quantitative estimate of drug-likeness (QED) is 0.754. The molecule has 2 rings (SSSR count). The lowest BCUT2D eigenvalue weighted by atomic mass is 10.00. The predicted molar refractivity (Wildman–Crippen MR) is 58.6 cm³/mol. The van der Waals surface area contributed by atoms with Gasteiger partial charge in [-0.15, -0.1) is 0 Å². The Balaban J connectivity index is 1.87. The fourth-order valence-electron chi connectivity index (χ4n) is 2.06. The summed E-state index contributed by atoms with van der Waals surface area (Å²) in [6, 6.07) is 0.246. The number of ether oxygens (including phenoxy) is 1. The molecule has 0 bridgehead atoms. The molecule has 0 amide bonds. The van der Waals surface area contributed by atoms with Gasteiger partial charge in [0.2, 0.25) is 0 Å². The van der Waals surface area contributed by atoms with Crippen molar-refractivity contribution in [2.24, 2.45) is 0 Å². The fraction of sp³-hybridized carbons (Fsp3) is 0.667. The van der Waals surface area contributed by atoms with E-state index in [1.165, 1.54) is 0 Å². The number of allylic oxidation sites excluding steroid dienone is 2. The van der Waals surface area contributed by atoms with Crippen LogP contribution in [0.4, 0.5) is 4.39 Å². The topological polar surface area (TPSA) is 21.3 Å². The lowest BCUT2D eigenvalue weighted by Crippen LogP contribution is -2.45. The van der Waals surface area contributed by atoms with Crippen molar-refractivity contribution in [2.45, 2.75) is 38.0 Å². The lowest BCUT2D eigenvalue weighted by molar-refractivity contribution is 0.0740. The third-order valence-electron chi connectivity index (χ3n) is 2.98. The predicted octanol–water partition coefficient (Wildman–Crippen LogP) is 1.98. The van der Waals surface area contributed by atoms with E-state index in [2.05, 4.69) is 5.32 Å². The maximum atomic E-state index is 13.6. The first-order valence-corrected chi connectivity index (χ1v) is 5.60. The molecular weight excluding hydrogens is 193 g/mol. The number of hydrogen-bond acceptors (Lipinski definition) is 2. The van der Waals surface area contributed by atoms with Crippen molar-refractivity contribution in [3.8, 4) is 0 Å². The summed E-state index contributed by atoms with van der Waals surface area (Å²) in [6.07, 6.45) is 6.66. The number of nitrogens with one attached hydrogen (secondary N) is 1. The molecule has 0 spiro atoms. The van der Waals surface area contributed by atoms with Crippen molar-refractivity contribution < 1.29 is 9.13 Å². The van der Waals surface area contributed by atoms with Gasteiger partial charge in [-0.05, 0) is 25.8 Å². The average Bonchev–Trinajstić information content (AvgIpc) is 2.24. The molecule has 1 aliphatic carbocycles. The Bertz CT molecular complexity index is 269. The van der Waals surface area contributed by atoms with E-state index in [9.17, 15) is 4.39 Å². The van der Waals surface area contributed by atoms with Gasteiger partial charge in [0.1, 0.15) is 6.17 Å². The van der Waals surface area contributed by atoms with Gasteiger partial charge in [-0.1, -0.05) is 17.7 Å². The van der Waals surface area contributed by atoms with Gasteiger partial charge in [-0.2, -0.15) is 0 Å². The average molecular weight is 211 g/mol. The van der Waals surface area contributed by atoms with Gasteiger partial charge in [0.15, 0.2) is 0 Å². The third-order valence-corrected chi connectivity index (χ3v) is 2.98. The second-order valence-corrected chi connectivity index (χ2v) is 4.29. The summed E-state index contributed by atoms with van der Waals surface area (Å²) in [5.74, 6) is 0. The van der Waals surface area contributed by atoms with Crippen molar-refractivity contribution in [1.29, 1.82) is 0 Å². The Morgan fingerprint density at radius 2 is 2.13 bits per heavy atom. The van der Waals surface area contributed by atoms with Gasteiger partial charge in [-0.3, -0.25) is 0 Å². The Morgan fingerprint density at radius 3 is 2.80 bits per heavy atom. The molecule has 2 unspecified atom stereocenters. The smallest absolute Gasteiger partial charge is 0.138 e. The SMILES string of the molecule is CC1=CC(F)C(NC2CCOCC2)C=C1. The Labute approximate surface area is 90.2 Å². The zero-order valence-electron chi connectivity index (χ0n) is 9.08. The van der Waals surface area contributed by atoms with Crippen LogP contribution in [0.1, 0.15) is 19.8 Å². The van der Waals surface area contributed by atoms with E-state index in [4.69, 9.17) is 4.74 Å². The summed E-state index contributed by atoms with van der Waals surface area (Å²) >= 11 is 0. The van der Waals surface area contributed by atoms with E-state index < -0.39 is 6.17 Å². The second-order valence-electron chi connectivity index (χ2n) is 4.29. The van der Waals surface area contributed by atoms with Crippen molar-refractivity contribution in [1.82, 2.24) is 5.32 Å². The molecular formula is C12H18FNO. The van der Waals surface area contributed by atoms with Crippen LogP contribution < -0.4 is 5.32 Å². The Hall–Kier alpha value is -0.670. The minimum Gasteiger partial charge on any atom is -0.381 e. The van der Waals surface area contributed by atoms with E-state index in [0.717, 1.165) is 31.6 Å². The van der Waals surface area contributed by atoms with Crippen molar-refractivity contribution in [2.75, 3.05) is 13.2 Å². The van der Waals surface area contributed by atoms with Gasteiger partial charge < -0.3 is 10.1 Å². The summed E-state index contributed by atoms with van der Waals surface area (Å²) in [5, 5.41) is 3.34. The molecule has 15 heavy (non-hydrogen) atoms. The molecule has 1 heterocycles. The van der Waals surface area contributed by atoms with Crippen LogP contribution in [0.25, 0.3) is 0 Å². The van der Waals surface area contributed by atoms with Gasteiger partial charge >= 0.3 is 0 Å². The second kappa shape index (κ2) is 4.90. The van der Waals surface area contributed by atoms with Gasteiger partial charge in [0.05, 0.1) is 6.04 Å². The summed E-state index contributed by atoms with van der Waals surface area (Å²) < 4.78 is 18.9. The molecule has 2 atom stereocenters. The summed E-state index contributed by atoms with van der Waals surface area (Å²) in [7, 11) is 0. The van der Waals surface area contributed by atoms with Gasteiger partial charge in [-0.25, -0.2) is 4.39 Å². The highest BCUT2D eigenvalue weighted by molar-refractivity contribution is 5.26.